The number of rotatable bonds is 3. The second-order valence-electron chi connectivity index (χ2n) is 5.54. The number of nitrogens with one attached hydrogen (secondary N) is 1. The second kappa shape index (κ2) is 6.27. The highest BCUT2D eigenvalue weighted by Crippen LogP contribution is 2.23. The standard InChI is InChI=1S/C16H21N5O/c1-3-20-9-10-21(11-13(20)15-18-7-8-19-15)16(22)14-12(2)5-4-6-17-14/h4-8,13H,3,9-11H2,1-2H3,(H,18,19). The zero-order valence-corrected chi connectivity index (χ0v) is 13.0. The monoisotopic (exact) mass is 299 g/mol. The van der Waals surface area contributed by atoms with Gasteiger partial charge >= 0.3 is 0 Å². The number of aromatic amines is 1. The summed E-state index contributed by atoms with van der Waals surface area (Å²) in [6.45, 7) is 7.20. The number of piperazine rings is 1. The molecule has 22 heavy (non-hydrogen) atoms. The summed E-state index contributed by atoms with van der Waals surface area (Å²) < 4.78 is 0. The van der Waals surface area contributed by atoms with Gasteiger partial charge in [-0.1, -0.05) is 13.0 Å². The van der Waals surface area contributed by atoms with Crippen LogP contribution in [0.15, 0.2) is 30.7 Å². The summed E-state index contributed by atoms with van der Waals surface area (Å²) in [6, 6.07) is 3.89. The number of hydrogen-bond acceptors (Lipinski definition) is 4. The number of aryl methyl sites for hydroxylation is 1. The number of hydrogen-bond donors (Lipinski definition) is 1. The van der Waals surface area contributed by atoms with Crippen molar-refractivity contribution >= 4 is 5.91 Å². The van der Waals surface area contributed by atoms with E-state index >= 15 is 0 Å². The van der Waals surface area contributed by atoms with E-state index in [0.717, 1.165) is 31.0 Å². The van der Waals surface area contributed by atoms with Gasteiger partial charge in [0.25, 0.3) is 5.91 Å². The molecule has 1 N–H and O–H groups in total. The quantitative estimate of drug-likeness (QED) is 0.935. The molecule has 0 bridgehead atoms. The van der Waals surface area contributed by atoms with Crippen LogP contribution in [-0.4, -0.2) is 56.8 Å². The van der Waals surface area contributed by atoms with Crippen molar-refractivity contribution < 1.29 is 4.79 Å². The molecule has 3 heterocycles. The van der Waals surface area contributed by atoms with Gasteiger partial charge in [0.2, 0.25) is 0 Å². The summed E-state index contributed by atoms with van der Waals surface area (Å²) in [6.07, 6.45) is 5.26. The normalized spacial score (nSPS) is 19.4. The molecule has 0 aliphatic carbocycles. The minimum atomic E-state index is 0.00501. The molecule has 0 spiro atoms. The first-order valence-corrected chi connectivity index (χ1v) is 7.65. The van der Waals surface area contributed by atoms with Crippen molar-refractivity contribution in [2.75, 3.05) is 26.2 Å². The van der Waals surface area contributed by atoms with Crippen LogP contribution in [0.3, 0.4) is 0 Å². The lowest BCUT2D eigenvalue weighted by Crippen LogP contribution is -2.50. The highest BCUT2D eigenvalue weighted by atomic mass is 16.2. The van der Waals surface area contributed by atoms with Gasteiger partial charge in [0.05, 0.1) is 6.04 Å². The summed E-state index contributed by atoms with van der Waals surface area (Å²) in [4.78, 5) is 28.8. The molecule has 0 saturated carbocycles. The van der Waals surface area contributed by atoms with E-state index in [0.29, 0.717) is 12.2 Å². The predicted octanol–water partition coefficient (Wildman–Crippen LogP) is 1.63. The number of carbonyl (C=O) groups excluding carboxylic acids is 1. The van der Waals surface area contributed by atoms with E-state index in [1.807, 2.05) is 30.2 Å². The van der Waals surface area contributed by atoms with Gasteiger partial charge in [-0.2, -0.15) is 0 Å². The maximum Gasteiger partial charge on any atom is 0.272 e. The average Bonchev–Trinajstić information content (AvgIpc) is 3.08. The third-order valence-corrected chi connectivity index (χ3v) is 4.23. The van der Waals surface area contributed by atoms with Crippen molar-refractivity contribution in [3.8, 4) is 0 Å². The summed E-state index contributed by atoms with van der Waals surface area (Å²) in [5.74, 6) is 0.919. The molecule has 6 heteroatoms. The number of imidazole rings is 1. The molecule has 1 saturated heterocycles. The molecule has 0 radical (unpaired) electrons. The van der Waals surface area contributed by atoms with Crippen molar-refractivity contribution in [3.05, 3.63) is 47.8 Å². The Labute approximate surface area is 130 Å². The fraction of sp³-hybridized carbons (Fsp3) is 0.438. The number of nitrogens with zero attached hydrogens (tertiary/aromatic N) is 4. The lowest BCUT2D eigenvalue weighted by molar-refractivity contribution is 0.0474. The molecule has 1 amide bonds. The van der Waals surface area contributed by atoms with Crippen molar-refractivity contribution in [1.82, 2.24) is 24.8 Å². The Morgan fingerprint density at radius 1 is 1.36 bits per heavy atom. The molecular weight excluding hydrogens is 278 g/mol. The fourth-order valence-corrected chi connectivity index (χ4v) is 2.96. The van der Waals surface area contributed by atoms with Crippen molar-refractivity contribution in [2.24, 2.45) is 0 Å². The van der Waals surface area contributed by atoms with Gasteiger partial charge in [-0.3, -0.25) is 14.7 Å². The third kappa shape index (κ3) is 2.74. The number of carbonyl (C=O) groups is 1. The summed E-state index contributed by atoms with van der Waals surface area (Å²) >= 11 is 0. The SMILES string of the molecule is CCN1CCN(C(=O)c2ncccc2C)CC1c1ncc[nH]1. The van der Waals surface area contributed by atoms with Crippen LogP contribution in [0.5, 0.6) is 0 Å². The highest BCUT2D eigenvalue weighted by molar-refractivity contribution is 5.93. The lowest BCUT2D eigenvalue weighted by Gasteiger charge is -2.40. The van der Waals surface area contributed by atoms with Crippen LogP contribution in [0.2, 0.25) is 0 Å². The molecule has 1 unspecified atom stereocenters. The maximum absolute atomic E-state index is 12.7. The van der Waals surface area contributed by atoms with Crippen molar-refractivity contribution in [2.45, 2.75) is 19.9 Å². The number of amides is 1. The summed E-state index contributed by atoms with van der Waals surface area (Å²) in [5, 5.41) is 0. The minimum Gasteiger partial charge on any atom is -0.347 e. The predicted molar refractivity (Wildman–Crippen MR) is 83.5 cm³/mol. The molecule has 2 aromatic rings. The van der Waals surface area contributed by atoms with Crippen LogP contribution in [-0.2, 0) is 0 Å². The molecule has 0 aromatic carbocycles. The highest BCUT2D eigenvalue weighted by Gasteiger charge is 2.32. The van der Waals surface area contributed by atoms with Crippen LogP contribution >= 0.6 is 0 Å². The van der Waals surface area contributed by atoms with E-state index in [4.69, 9.17) is 0 Å². The van der Waals surface area contributed by atoms with Crippen LogP contribution in [0, 0.1) is 6.92 Å². The first-order valence-electron chi connectivity index (χ1n) is 7.65. The summed E-state index contributed by atoms with van der Waals surface area (Å²) in [7, 11) is 0. The van der Waals surface area contributed by atoms with Gasteiger partial charge in [0.15, 0.2) is 0 Å². The largest absolute Gasteiger partial charge is 0.347 e. The van der Waals surface area contributed by atoms with E-state index in [2.05, 4.69) is 26.8 Å². The Hall–Kier alpha value is -2.21. The van der Waals surface area contributed by atoms with Crippen LogP contribution < -0.4 is 0 Å². The van der Waals surface area contributed by atoms with Crippen LogP contribution in [0.4, 0.5) is 0 Å². The Bertz CT molecular complexity index is 640. The zero-order chi connectivity index (χ0) is 15.5. The van der Waals surface area contributed by atoms with Gasteiger partial charge in [-0.25, -0.2) is 4.98 Å². The van der Waals surface area contributed by atoms with Crippen LogP contribution in [0.1, 0.15) is 34.8 Å². The van der Waals surface area contributed by atoms with Crippen molar-refractivity contribution in [3.63, 3.8) is 0 Å². The number of pyridine rings is 1. The van der Waals surface area contributed by atoms with E-state index in [-0.39, 0.29) is 11.9 Å². The second-order valence-corrected chi connectivity index (χ2v) is 5.54. The van der Waals surface area contributed by atoms with Gasteiger partial charge in [0, 0.05) is 38.2 Å². The Balaban J connectivity index is 1.81. The summed E-state index contributed by atoms with van der Waals surface area (Å²) in [5.41, 5.74) is 1.46. The third-order valence-electron chi connectivity index (χ3n) is 4.23. The molecular formula is C16H21N5O. The molecule has 3 rings (SSSR count). The molecule has 1 aliphatic rings. The fourth-order valence-electron chi connectivity index (χ4n) is 2.96. The Morgan fingerprint density at radius 2 is 2.23 bits per heavy atom. The van der Waals surface area contributed by atoms with E-state index in [1.165, 1.54) is 0 Å². The minimum absolute atomic E-state index is 0.00501. The number of H-pyrrole nitrogens is 1. The van der Waals surface area contributed by atoms with E-state index in [1.54, 1.807) is 12.4 Å². The number of aromatic nitrogens is 3. The van der Waals surface area contributed by atoms with E-state index < -0.39 is 0 Å². The van der Waals surface area contributed by atoms with Crippen molar-refractivity contribution in [1.29, 1.82) is 0 Å². The van der Waals surface area contributed by atoms with Gasteiger partial charge < -0.3 is 9.88 Å². The Morgan fingerprint density at radius 3 is 2.91 bits per heavy atom. The molecule has 1 aliphatic heterocycles. The average molecular weight is 299 g/mol. The molecule has 1 atom stereocenters. The van der Waals surface area contributed by atoms with E-state index in [9.17, 15) is 4.79 Å². The molecule has 1 fully saturated rings. The van der Waals surface area contributed by atoms with Gasteiger partial charge in [-0.15, -0.1) is 0 Å². The lowest BCUT2D eigenvalue weighted by atomic mass is 10.1. The topological polar surface area (TPSA) is 65.1 Å². The molecule has 2 aromatic heterocycles. The first-order chi connectivity index (χ1) is 10.7. The Kier molecular flexibility index (Phi) is 4.20. The van der Waals surface area contributed by atoms with Gasteiger partial charge in [-0.05, 0) is 25.1 Å². The number of likely N-dealkylation sites (N-methyl/N-ethyl adjacent to an activating group) is 1. The van der Waals surface area contributed by atoms with Crippen LogP contribution in [0.25, 0.3) is 0 Å². The molecule has 6 nitrogen and oxygen atoms in total. The zero-order valence-electron chi connectivity index (χ0n) is 13.0. The smallest absolute Gasteiger partial charge is 0.272 e. The molecule has 116 valence electrons. The maximum atomic E-state index is 12.7. The first kappa shape index (κ1) is 14.7. The van der Waals surface area contributed by atoms with Gasteiger partial charge in [0.1, 0.15) is 11.5 Å².